The van der Waals surface area contributed by atoms with Crippen LogP contribution >= 0.6 is 0 Å². The van der Waals surface area contributed by atoms with Crippen LogP contribution in [0.2, 0.25) is 0 Å². The fourth-order valence-corrected chi connectivity index (χ4v) is 1.54. The van der Waals surface area contributed by atoms with Gasteiger partial charge in [-0.3, -0.25) is 0 Å². The maximum absolute atomic E-state index is 12.8. The third-order valence-electron chi connectivity index (χ3n) is 2.52. The fraction of sp³-hybridized carbons (Fsp3) is 0.462. The van der Waals surface area contributed by atoms with Gasteiger partial charge in [-0.2, -0.15) is 5.26 Å². The minimum absolute atomic E-state index is 0.204. The van der Waals surface area contributed by atoms with Crippen LogP contribution in [0.15, 0.2) is 24.3 Å². The summed E-state index contributed by atoms with van der Waals surface area (Å²) in [6.45, 7) is 3.47. The zero-order valence-electron chi connectivity index (χ0n) is 10.3. The third-order valence-corrected chi connectivity index (χ3v) is 2.52. The highest BCUT2D eigenvalue weighted by Gasteiger charge is 2.10. The molecule has 3 nitrogen and oxygen atoms in total. The number of hydrogen-bond acceptors (Lipinski definition) is 3. The van der Waals surface area contributed by atoms with Crippen LogP contribution in [0.3, 0.4) is 0 Å². The number of likely N-dealkylation sites (N-methyl/N-ethyl adjacent to an activating group) is 1. The first-order valence-electron chi connectivity index (χ1n) is 5.77. The molecule has 1 aromatic carbocycles. The second kappa shape index (κ2) is 6.87. The molecule has 1 aromatic rings. The molecular weight excluding hydrogens is 217 g/mol. The highest BCUT2D eigenvalue weighted by Crippen LogP contribution is 2.13. The molecule has 0 bridgehead atoms. The monoisotopic (exact) mass is 235 g/mol. The molecule has 1 N–H and O–H groups in total. The van der Waals surface area contributed by atoms with Crippen molar-refractivity contribution in [1.29, 1.82) is 5.26 Å². The molecule has 0 spiro atoms. The molecule has 1 unspecified atom stereocenters. The summed E-state index contributed by atoms with van der Waals surface area (Å²) in [7, 11) is 1.89. The number of nitriles is 1. The van der Waals surface area contributed by atoms with Gasteiger partial charge in [-0.05, 0) is 37.2 Å². The quantitative estimate of drug-likeness (QED) is 0.821. The zero-order valence-corrected chi connectivity index (χ0v) is 10.3. The maximum atomic E-state index is 12.8. The number of anilines is 1. The third kappa shape index (κ3) is 4.41. The predicted octanol–water partition coefficient (Wildman–Crippen LogP) is 2.15. The van der Waals surface area contributed by atoms with E-state index < -0.39 is 0 Å². The molecule has 0 amide bonds. The van der Waals surface area contributed by atoms with E-state index in [1.165, 1.54) is 12.1 Å². The molecule has 0 fully saturated rings. The van der Waals surface area contributed by atoms with Gasteiger partial charge in [0, 0.05) is 19.3 Å². The molecule has 0 saturated carbocycles. The van der Waals surface area contributed by atoms with Crippen molar-refractivity contribution in [3.63, 3.8) is 0 Å². The van der Waals surface area contributed by atoms with Gasteiger partial charge in [-0.1, -0.05) is 6.92 Å². The maximum Gasteiger partial charge on any atom is 0.123 e. The lowest BCUT2D eigenvalue weighted by Crippen LogP contribution is -2.38. The number of nitrogens with zero attached hydrogens (tertiary/aromatic N) is 2. The van der Waals surface area contributed by atoms with Crippen LogP contribution in [0, 0.1) is 17.1 Å². The first-order chi connectivity index (χ1) is 8.17. The van der Waals surface area contributed by atoms with E-state index >= 15 is 0 Å². The first kappa shape index (κ1) is 13.5. The van der Waals surface area contributed by atoms with Crippen LogP contribution in [0.1, 0.15) is 13.3 Å². The van der Waals surface area contributed by atoms with Gasteiger partial charge in [0.25, 0.3) is 0 Å². The highest BCUT2D eigenvalue weighted by molar-refractivity contribution is 5.45. The summed E-state index contributed by atoms with van der Waals surface area (Å²) in [5.41, 5.74) is 0.907. The smallest absolute Gasteiger partial charge is 0.123 e. The molecule has 4 heteroatoms. The van der Waals surface area contributed by atoms with Crippen LogP contribution in [0.4, 0.5) is 10.1 Å². The molecule has 0 radical (unpaired) electrons. The van der Waals surface area contributed by atoms with Gasteiger partial charge in [0.05, 0.1) is 6.07 Å². The summed E-state index contributed by atoms with van der Waals surface area (Å²) in [4.78, 5) is 1.94. The molecule has 1 rings (SSSR count). The Morgan fingerprint density at radius 2 is 2.06 bits per heavy atom. The largest absolute Gasteiger partial charge is 0.372 e. The van der Waals surface area contributed by atoms with Gasteiger partial charge in [0.1, 0.15) is 11.9 Å². The van der Waals surface area contributed by atoms with Gasteiger partial charge in [0.15, 0.2) is 0 Å². The Labute approximate surface area is 102 Å². The SMILES string of the molecule is CCCNC(C#N)CN(C)c1ccc(F)cc1. The summed E-state index contributed by atoms with van der Waals surface area (Å²) >= 11 is 0. The van der Waals surface area contributed by atoms with Crippen LogP contribution in [0.5, 0.6) is 0 Å². The average Bonchev–Trinajstić information content (AvgIpc) is 2.35. The topological polar surface area (TPSA) is 39.1 Å². The number of halogens is 1. The fourth-order valence-electron chi connectivity index (χ4n) is 1.54. The molecule has 0 aliphatic rings. The number of benzene rings is 1. The van der Waals surface area contributed by atoms with Gasteiger partial charge < -0.3 is 10.2 Å². The Morgan fingerprint density at radius 1 is 1.41 bits per heavy atom. The lowest BCUT2D eigenvalue weighted by atomic mass is 10.2. The van der Waals surface area contributed by atoms with E-state index in [9.17, 15) is 4.39 Å². The van der Waals surface area contributed by atoms with Crippen molar-refractivity contribution in [1.82, 2.24) is 5.32 Å². The molecule has 0 aliphatic heterocycles. The highest BCUT2D eigenvalue weighted by atomic mass is 19.1. The molecular formula is C13H18FN3. The summed E-state index contributed by atoms with van der Waals surface area (Å²) < 4.78 is 12.8. The zero-order chi connectivity index (χ0) is 12.7. The van der Waals surface area contributed by atoms with Gasteiger partial charge in [0.2, 0.25) is 0 Å². The van der Waals surface area contributed by atoms with E-state index in [1.807, 2.05) is 11.9 Å². The molecule has 0 saturated heterocycles. The summed E-state index contributed by atoms with van der Waals surface area (Å²) in [6, 6.07) is 8.29. The predicted molar refractivity (Wildman–Crippen MR) is 67.4 cm³/mol. The normalized spacial score (nSPS) is 11.9. The molecule has 1 atom stereocenters. The number of nitrogens with one attached hydrogen (secondary N) is 1. The van der Waals surface area contributed by atoms with Crippen molar-refractivity contribution in [2.24, 2.45) is 0 Å². The minimum Gasteiger partial charge on any atom is -0.372 e. The molecule has 0 aromatic heterocycles. The van der Waals surface area contributed by atoms with Crippen LogP contribution in [-0.2, 0) is 0 Å². The first-order valence-corrected chi connectivity index (χ1v) is 5.77. The number of hydrogen-bond donors (Lipinski definition) is 1. The molecule has 17 heavy (non-hydrogen) atoms. The average molecular weight is 235 g/mol. The van der Waals surface area contributed by atoms with E-state index in [0.29, 0.717) is 6.54 Å². The van der Waals surface area contributed by atoms with E-state index in [0.717, 1.165) is 18.7 Å². The second-order valence-electron chi connectivity index (χ2n) is 3.99. The van der Waals surface area contributed by atoms with Crippen LogP contribution in [-0.4, -0.2) is 26.2 Å². The minimum atomic E-state index is -0.247. The summed E-state index contributed by atoms with van der Waals surface area (Å²) in [5.74, 6) is -0.247. The van der Waals surface area contributed by atoms with Crippen LogP contribution < -0.4 is 10.2 Å². The summed E-state index contributed by atoms with van der Waals surface area (Å²) in [5, 5.41) is 12.1. The van der Waals surface area contributed by atoms with Crippen molar-refractivity contribution in [3.05, 3.63) is 30.1 Å². The molecule has 0 aliphatic carbocycles. The summed E-state index contributed by atoms with van der Waals surface area (Å²) in [6.07, 6.45) is 0.998. The Kier molecular flexibility index (Phi) is 5.44. The number of rotatable bonds is 6. The molecule has 92 valence electrons. The van der Waals surface area contributed by atoms with Crippen molar-refractivity contribution in [2.45, 2.75) is 19.4 Å². The lowest BCUT2D eigenvalue weighted by molar-refractivity contribution is 0.591. The Morgan fingerprint density at radius 3 is 2.59 bits per heavy atom. The van der Waals surface area contributed by atoms with E-state index in [1.54, 1.807) is 12.1 Å². The van der Waals surface area contributed by atoms with E-state index in [-0.39, 0.29) is 11.9 Å². The van der Waals surface area contributed by atoms with Crippen molar-refractivity contribution < 1.29 is 4.39 Å². The Bertz CT molecular complexity index is 369. The second-order valence-corrected chi connectivity index (χ2v) is 3.99. The van der Waals surface area contributed by atoms with Crippen molar-refractivity contribution >= 4 is 5.69 Å². The van der Waals surface area contributed by atoms with Crippen molar-refractivity contribution in [3.8, 4) is 6.07 Å². The molecule has 0 heterocycles. The Balaban J connectivity index is 2.55. The van der Waals surface area contributed by atoms with Gasteiger partial charge in [-0.15, -0.1) is 0 Å². The van der Waals surface area contributed by atoms with Gasteiger partial charge >= 0.3 is 0 Å². The van der Waals surface area contributed by atoms with E-state index in [2.05, 4.69) is 18.3 Å². The van der Waals surface area contributed by atoms with Crippen molar-refractivity contribution in [2.75, 3.05) is 25.0 Å². The Hall–Kier alpha value is -1.60. The standard InChI is InChI=1S/C13H18FN3/c1-3-8-16-12(9-15)10-17(2)13-6-4-11(14)5-7-13/h4-7,12,16H,3,8,10H2,1-2H3. The lowest BCUT2D eigenvalue weighted by Gasteiger charge is -2.22. The van der Waals surface area contributed by atoms with Crippen LogP contribution in [0.25, 0.3) is 0 Å². The van der Waals surface area contributed by atoms with E-state index in [4.69, 9.17) is 5.26 Å². The van der Waals surface area contributed by atoms with Gasteiger partial charge in [-0.25, -0.2) is 4.39 Å².